The standard InChI is InChI=1S/C13H30N2O3Si/c1-7-13(10-11-15(8-2)9-3)14-12-19(16-4,17-5)18-6/h7-12H2,1-6H3. The van der Waals surface area contributed by atoms with E-state index in [0.717, 1.165) is 32.5 Å². The van der Waals surface area contributed by atoms with E-state index in [1.807, 2.05) is 0 Å². The van der Waals surface area contributed by atoms with Crippen LogP contribution in [0.5, 0.6) is 0 Å². The predicted octanol–water partition coefficient (Wildman–Crippen LogP) is 1.99. The quantitative estimate of drug-likeness (QED) is 0.431. The van der Waals surface area contributed by atoms with Crippen LogP contribution in [0.2, 0.25) is 0 Å². The molecular weight excluding hydrogens is 260 g/mol. The zero-order valence-electron chi connectivity index (χ0n) is 13.4. The lowest BCUT2D eigenvalue weighted by molar-refractivity contribution is 0.125. The molecule has 0 fully saturated rings. The first-order chi connectivity index (χ1) is 9.11. The van der Waals surface area contributed by atoms with E-state index in [1.54, 1.807) is 21.3 Å². The van der Waals surface area contributed by atoms with Crippen LogP contribution in [-0.2, 0) is 13.3 Å². The number of hydrogen-bond donors (Lipinski definition) is 0. The molecule has 0 unspecified atom stereocenters. The molecule has 5 nitrogen and oxygen atoms in total. The number of hydrogen-bond acceptors (Lipinski definition) is 5. The Bertz CT molecular complexity index is 246. The summed E-state index contributed by atoms with van der Waals surface area (Å²) in [6.07, 6.45) is 2.46. The average Bonchev–Trinajstić information content (AvgIpc) is 2.47. The summed E-state index contributed by atoms with van der Waals surface area (Å²) in [5, 5.41) is 0. The second kappa shape index (κ2) is 10.5. The maximum atomic E-state index is 5.38. The first kappa shape index (κ1) is 18.7. The largest absolute Gasteiger partial charge is 0.522 e. The SMILES string of the molecule is CCC(CCN(CC)CC)=NC[Si](OC)(OC)OC. The summed E-state index contributed by atoms with van der Waals surface area (Å²) in [5.41, 5.74) is 1.20. The van der Waals surface area contributed by atoms with Gasteiger partial charge in [-0.2, -0.15) is 0 Å². The third-order valence-electron chi connectivity index (χ3n) is 3.45. The minimum Gasteiger partial charge on any atom is -0.376 e. The van der Waals surface area contributed by atoms with Crippen LogP contribution in [-0.4, -0.2) is 66.5 Å². The molecule has 0 aromatic carbocycles. The van der Waals surface area contributed by atoms with E-state index in [0.29, 0.717) is 6.17 Å². The van der Waals surface area contributed by atoms with Gasteiger partial charge in [0, 0.05) is 33.6 Å². The Morgan fingerprint density at radius 1 is 1.00 bits per heavy atom. The van der Waals surface area contributed by atoms with Gasteiger partial charge in [0.25, 0.3) is 0 Å². The molecule has 0 N–H and O–H groups in total. The number of aliphatic imine (C=N–C) groups is 1. The second-order valence-corrected chi connectivity index (χ2v) is 7.22. The molecule has 0 bridgehead atoms. The number of nitrogens with zero attached hydrogens (tertiary/aromatic N) is 2. The van der Waals surface area contributed by atoms with E-state index < -0.39 is 8.80 Å². The Morgan fingerprint density at radius 3 is 1.89 bits per heavy atom. The molecule has 0 rings (SSSR count). The van der Waals surface area contributed by atoms with Gasteiger partial charge in [-0.25, -0.2) is 0 Å². The Hall–Kier alpha value is -0.273. The zero-order chi connectivity index (χ0) is 14.7. The van der Waals surface area contributed by atoms with E-state index in [2.05, 4.69) is 30.7 Å². The van der Waals surface area contributed by atoms with Gasteiger partial charge in [-0.05, 0) is 25.9 Å². The maximum absolute atomic E-state index is 5.38. The van der Waals surface area contributed by atoms with Gasteiger partial charge in [-0.1, -0.05) is 20.8 Å². The normalized spacial score (nSPS) is 13.3. The van der Waals surface area contributed by atoms with Crippen molar-refractivity contribution in [2.45, 2.75) is 33.6 Å². The summed E-state index contributed by atoms with van der Waals surface area (Å²) in [4.78, 5) is 7.05. The fourth-order valence-electron chi connectivity index (χ4n) is 1.85. The Kier molecular flexibility index (Phi) is 10.4. The topological polar surface area (TPSA) is 43.3 Å². The van der Waals surface area contributed by atoms with E-state index in [9.17, 15) is 0 Å². The monoisotopic (exact) mass is 290 g/mol. The minimum atomic E-state index is -2.57. The Labute approximate surface area is 119 Å². The molecule has 19 heavy (non-hydrogen) atoms. The van der Waals surface area contributed by atoms with Gasteiger partial charge in [-0.3, -0.25) is 4.99 Å². The first-order valence-corrected chi connectivity index (χ1v) is 8.94. The molecule has 0 saturated heterocycles. The van der Waals surface area contributed by atoms with Gasteiger partial charge >= 0.3 is 8.80 Å². The maximum Gasteiger partial charge on any atom is 0.522 e. The second-order valence-electron chi connectivity index (χ2n) is 4.31. The van der Waals surface area contributed by atoms with Crippen LogP contribution in [0.25, 0.3) is 0 Å². The zero-order valence-corrected chi connectivity index (χ0v) is 14.4. The third kappa shape index (κ3) is 6.62. The molecule has 0 amide bonds. The lowest BCUT2D eigenvalue weighted by Gasteiger charge is -2.23. The van der Waals surface area contributed by atoms with Crippen LogP contribution in [0, 0.1) is 0 Å². The van der Waals surface area contributed by atoms with Crippen molar-refractivity contribution in [2.24, 2.45) is 4.99 Å². The van der Waals surface area contributed by atoms with Crippen molar-refractivity contribution in [3.05, 3.63) is 0 Å². The molecule has 0 radical (unpaired) electrons. The molecule has 0 aromatic heterocycles. The lowest BCUT2D eigenvalue weighted by atomic mass is 10.2. The number of rotatable bonds is 11. The van der Waals surface area contributed by atoms with Gasteiger partial charge in [-0.15, -0.1) is 0 Å². The molecule has 0 spiro atoms. The smallest absolute Gasteiger partial charge is 0.376 e. The van der Waals surface area contributed by atoms with Crippen molar-refractivity contribution in [3.63, 3.8) is 0 Å². The molecule has 0 atom stereocenters. The predicted molar refractivity (Wildman–Crippen MR) is 81.8 cm³/mol. The lowest BCUT2D eigenvalue weighted by Crippen LogP contribution is -2.46. The highest BCUT2D eigenvalue weighted by Crippen LogP contribution is 2.08. The Balaban J connectivity index is 4.46. The van der Waals surface area contributed by atoms with Gasteiger partial charge in [0.15, 0.2) is 0 Å². The highest BCUT2D eigenvalue weighted by atomic mass is 28.4. The third-order valence-corrected chi connectivity index (χ3v) is 5.86. The van der Waals surface area contributed by atoms with Gasteiger partial charge in [0.1, 0.15) is 6.17 Å². The average molecular weight is 290 g/mol. The van der Waals surface area contributed by atoms with Crippen molar-refractivity contribution in [3.8, 4) is 0 Å². The van der Waals surface area contributed by atoms with E-state index in [1.165, 1.54) is 5.71 Å². The van der Waals surface area contributed by atoms with E-state index in [-0.39, 0.29) is 0 Å². The molecular formula is C13H30N2O3Si. The van der Waals surface area contributed by atoms with Crippen molar-refractivity contribution < 1.29 is 13.3 Å². The summed E-state index contributed by atoms with van der Waals surface area (Å²) in [6.45, 7) is 9.73. The van der Waals surface area contributed by atoms with Crippen molar-refractivity contribution in [2.75, 3.05) is 47.1 Å². The van der Waals surface area contributed by atoms with Crippen LogP contribution < -0.4 is 0 Å². The highest BCUT2D eigenvalue weighted by molar-refractivity contribution is 6.61. The van der Waals surface area contributed by atoms with Crippen LogP contribution in [0.15, 0.2) is 4.99 Å². The molecule has 0 aliphatic rings. The summed E-state index contributed by atoms with van der Waals surface area (Å²) >= 11 is 0. The summed E-state index contributed by atoms with van der Waals surface area (Å²) < 4.78 is 16.1. The highest BCUT2D eigenvalue weighted by Gasteiger charge is 2.37. The summed E-state index contributed by atoms with van der Waals surface area (Å²) in [5.74, 6) is 0. The van der Waals surface area contributed by atoms with Gasteiger partial charge in [0.05, 0.1) is 0 Å². The first-order valence-electron chi connectivity index (χ1n) is 7.01. The van der Waals surface area contributed by atoms with Gasteiger partial charge < -0.3 is 18.2 Å². The van der Waals surface area contributed by atoms with Crippen molar-refractivity contribution in [1.29, 1.82) is 0 Å². The van der Waals surface area contributed by atoms with Crippen LogP contribution >= 0.6 is 0 Å². The molecule has 114 valence electrons. The fourth-order valence-corrected chi connectivity index (χ4v) is 3.15. The molecule has 0 heterocycles. The van der Waals surface area contributed by atoms with Crippen molar-refractivity contribution in [1.82, 2.24) is 4.90 Å². The minimum absolute atomic E-state index is 0.498. The van der Waals surface area contributed by atoms with E-state index in [4.69, 9.17) is 13.3 Å². The molecule has 0 aliphatic heterocycles. The molecule has 0 saturated carbocycles. The van der Waals surface area contributed by atoms with Crippen LogP contribution in [0.1, 0.15) is 33.6 Å². The Morgan fingerprint density at radius 2 is 1.53 bits per heavy atom. The van der Waals surface area contributed by atoms with Crippen LogP contribution in [0.4, 0.5) is 0 Å². The van der Waals surface area contributed by atoms with Crippen molar-refractivity contribution >= 4 is 14.5 Å². The summed E-state index contributed by atoms with van der Waals surface area (Å²) in [7, 11) is 2.29. The van der Waals surface area contributed by atoms with Gasteiger partial charge in [0.2, 0.25) is 0 Å². The van der Waals surface area contributed by atoms with E-state index >= 15 is 0 Å². The molecule has 6 heteroatoms. The fraction of sp³-hybridized carbons (Fsp3) is 0.923. The molecule has 0 aliphatic carbocycles. The summed E-state index contributed by atoms with van der Waals surface area (Å²) in [6, 6.07) is 0. The molecule has 0 aromatic rings. The van der Waals surface area contributed by atoms with Crippen LogP contribution in [0.3, 0.4) is 0 Å².